The van der Waals surface area contributed by atoms with E-state index in [4.69, 9.17) is 4.74 Å². The van der Waals surface area contributed by atoms with Crippen LogP contribution in [0.25, 0.3) is 0 Å². The molecule has 0 unspecified atom stereocenters. The summed E-state index contributed by atoms with van der Waals surface area (Å²) in [5, 5.41) is 0. The molecule has 1 fully saturated rings. The summed E-state index contributed by atoms with van der Waals surface area (Å²) in [4.78, 5) is 0. The van der Waals surface area contributed by atoms with Crippen LogP contribution < -0.4 is 10.2 Å². The Morgan fingerprint density at radius 2 is 1.83 bits per heavy atom. The zero-order valence-electron chi connectivity index (χ0n) is 10.5. The Kier molecular flexibility index (Phi) is 2.97. The van der Waals surface area contributed by atoms with Crippen LogP contribution in [-0.2, 0) is 0 Å². The molecule has 0 bridgehead atoms. The third kappa shape index (κ3) is 2.08. The van der Waals surface area contributed by atoms with Gasteiger partial charge in [-0.15, -0.1) is 0 Å². The van der Waals surface area contributed by atoms with Crippen molar-refractivity contribution < 1.29 is 4.74 Å². The maximum atomic E-state index is 5.42. The van der Waals surface area contributed by atoms with Gasteiger partial charge in [-0.05, 0) is 42.5 Å². The quantitative estimate of drug-likeness (QED) is 0.892. The number of methoxy groups -OCH3 is 1. The molecule has 1 aromatic heterocycles. The highest BCUT2D eigenvalue weighted by molar-refractivity contribution is 5.38. The van der Waals surface area contributed by atoms with Crippen molar-refractivity contribution >= 4 is 0 Å². The number of para-hydroxylation sites is 1. The number of benzene rings is 1. The summed E-state index contributed by atoms with van der Waals surface area (Å²) in [7, 11) is 1.74. The van der Waals surface area contributed by atoms with Crippen LogP contribution in [0.2, 0.25) is 0 Å². The minimum absolute atomic E-state index is 0.562. The molecule has 1 saturated carbocycles. The fourth-order valence-corrected chi connectivity index (χ4v) is 2.61. The maximum absolute atomic E-state index is 5.42. The summed E-state index contributed by atoms with van der Waals surface area (Å²) >= 11 is 0. The smallest absolute Gasteiger partial charge is 0.122 e. The van der Waals surface area contributed by atoms with Gasteiger partial charge < -0.3 is 10.2 Å². The van der Waals surface area contributed by atoms with Crippen molar-refractivity contribution in [3.63, 3.8) is 0 Å². The molecule has 1 aromatic carbocycles. The first kappa shape index (κ1) is 11.2. The molecule has 2 aromatic rings. The Hall–Kier alpha value is -1.90. The molecule has 94 valence electrons. The van der Waals surface area contributed by atoms with Gasteiger partial charge in [-0.2, -0.15) is 0 Å². The highest BCUT2D eigenvalue weighted by Gasteiger charge is 2.32. The Morgan fingerprint density at radius 3 is 2.56 bits per heavy atom. The lowest BCUT2D eigenvalue weighted by molar-refractivity contribution is 0.335. The summed E-state index contributed by atoms with van der Waals surface area (Å²) in [5.74, 6) is 1.64. The van der Waals surface area contributed by atoms with Gasteiger partial charge in [0.2, 0.25) is 0 Å². The molecule has 3 rings (SSSR count). The van der Waals surface area contributed by atoms with Crippen molar-refractivity contribution in [3.05, 3.63) is 54.4 Å². The van der Waals surface area contributed by atoms with Crippen LogP contribution in [0.3, 0.4) is 0 Å². The third-order valence-electron chi connectivity index (χ3n) is 3.65. The van der Waals surface area contributed by atoms with Gasteiger partial charge in [-0.1, -0.05) is 18.2 Å². The average Bonchev–Trinajstić information content (AvgIpc) is 2.86. The van der Waals surface area contributed by atoms with Crippen LogP contribution in [0, 0.1) is 0 Å². The number of nitrogens with zero attached hydrogens (tertiary/aromatic N) is 1. The fraction of sp³-hybridized carbons (Fsp3) is 0.333. The summed E-state index contributed by atoms with van der Waals surface area (Å²) in [6, 6.07) is 13.0. The monoisotopic (exact) mass is 242 g/mol. The van der Waals surface area contributed by atoms with Crippen molar-refractivity contribution in [1.29, 1.82) is 0 Å². The molecule has 0 atom stereocenters. The van der Waals surface area contributed by atoms with E-state index in [1.54, 1.807) is 7.11 Å². The minimum Gasteiger partial charge on any atom is -0.496 e. The van der Waals surface area contributed by atoms with Gasteiger partial charge >= 0.3 is 0 Å². The summed E-state index contributed by atoms with van der Waals surface area (Å²) < 4.78 is 7.45. The van der Waals surface area contributed by atoms with Crippen LogP contribution in [0.4, 0.5) is 0 Å². The zero-order valence-corrected chi connectivity index (χ0v) is 10.5. The van der Waals surface area contributed by atoms with E-state index in [1.165, 1.54) is 18.4 Å². The Balaban J connectivity index is 1.61. The second-order valence-electron chi connectivity index (χ2n) is 4.83. The molecule has 18 heavy (non-hydrogen) atoms. The predicted octanol–water partition coefficient (Wildman–Crippen LogP) is 2.99. The van der Waals surface area contributed by atoms with Gasteiger partial charge in [0.15, 0.2) is 0 Å². The molecule has 3 nitrogen and oxygen atoms in total. The van der Waals surface area contributed by atoms with Crippen molar-refractivity contribution in [2.45, 2.75) is 24.8 Å². The lowest BCUT2D eigenvalue weighted by Gasteiger charge is -2.37. The normalized spacial score (nSPS) is 22.3. The molecule has 1 aliphatic rings. The van der Waals surface area contributed by atoms with Crippen molar-refractivity contribution in [1.82, 2.24) is 4.68 Å². The predicted molar refractivity (Wildman–Crippen MR) is 72.5 cm³/mol. The van der Waals surface area contributed by atoms with Crippen molar-refractivity contribution in [3.8, 4) is 5.75 Å². The highest BCUT2D eigenvalue weighted by Crippen LogP contribution is 2.41. The van der Waals surface area contributed by atoms with Crippen molar-refractivity contribution in [2.24, 2.45) is 0 Å². The molecular weight excluding hydrogens is 224 g/mol. The van der Waals surface area contributed by atoms with E-state index >= 15 is 0 Å². The van der Waals surface area contributed by atoms with Crippen LogP contribution in [-0.4, -0.2) is 17.8 Å². The van der Waals surface area contributed by atoms with E-state index in [0.29, 0.717) is 12.0 Å². The first-order chi connectivity index (χ1) is 8.86. The van der Waals surface area contributed by atoms with E-state index in [-0.39, 0.29) is 0 Å². The van der Waals surface area contributed by atoms with Crippen molar-refractivity contribution in [2.75, 3.05) is 12.5 Å². The van der Waals surface area contributed by atoms with Gasteiger partial charge in [0.1, 0.15) is 5.75 Å². The summed E-state index contributed by atoms with van der Waals surface area (Å²) in [6.07, 6.45) is 6.41. The fourth-order valence-electron chi connectivity index (χ4n) is 2.61. The Bertz CT molecular complexity index is 501. The molecule has 0 amide bonds. The van der Waals surface area contributed by atoms with Crippen LogP contribution in [0.5, 0.6) is 5.75 Å². The molecule has 0 spiro atoms. The number of hydrogen-bond acceptors (Lipinski definition) is 2. The maximum Gasteiger partial charge on any atom is 0.122 e. The topological polar surface area (TPSA) is 26.2 Å². The van der Waals surface area contributed by atoms with E-state index < -0.39 is 0 Å². The van der Waals surface area contributed by atoms with E-state index in [1.807, 2.05) is 41.3 Å². The molecule has 1 heterocycles. The number of hydrogen-bond donors (Lipinski definition) is 1. The molecule has 3 heteroatoms. The minimum atomic E-state index is 0.562. The lowest BCUT2D eigenvalue weighted by atomic mass is 9.76. The second-order valence-corrected chi connectivity index (χ2v) is 4.83. The van der Waals surface area contributed by atoms with E-state index in [0.717, 1.165) is 5.75 Å². The Labute approximate surface area is 107 Å². The third-order valence-corrected chi connectivity index (χ3v) is 3.65. The first-order valence-electron chi connectivity index (χ1n) is 6.39. The van der Waals surface area contributed by atoms with Gasteiger partial charge in [0, 0.05) is 18.4 Å². The first-order valence-corrected chi connectivity index (χ1v) is 6.39. The summed E-state index contributed by atoms with van der Waals surface area (Å²) in [5.41, 5.74) is 4.81. The highest BCUT2D eigenvalue weighted by atomic mass is 16.5. The standard InChI is InChI=1S/C15H18N2O/c1-18-15-7-3-2-6-14(15)12-10-13(11-12)16-17-8-4-5-9-17/h2-9,12-13,16H,10-11H2,1H3. The van der Waals surface area contributed by atoms with E-state index in [2.05, 4.69) is 17.6 Å². The average molecular weight is 242 g/mol. The number of rotatable bonds is 4. The second kappa shape index (κ2) is 4.77. The van der Waals surface area contributed by atoms with Crippen LogP contribution in [0.1, 0.15) is 24.3 Å². The molecule has 0 aliphatic heterocycles. The van der Waals surface area contributed by atoms with Crippen LogP contribution >= 0.6 is 0 Å². The molecule has 0 saturated heterocycles. The molecular formula is C15H18N2O. The lowest BCUT2D eigenvalue weighted by Crippen LogP contribution is -2.38. The van der Waals surface area contributed by atoms with Gasteiger partial charge in [0.05, 0.1) is 7.11 Å². The van der Waals surface area contributed by atoms with Gasteiger partial charge in [-0.25, -0.2) is 0 Å². The molecule has 0 radical (unpaired) electrons. The van der Waals surface area contributed by atoms with E-state index in [9.17, 15) is 0 Å². The number of ether oxygens (including phenoxy) is 1. The van der Waals surface area contributed by atoms with Gasteiger partial charge in [0.25, 0.3) is 0 Å². The SMILES string of the molecule is COc1ccccc1C1CC(Nn2cccc2)C1. The number of aromatic nitrogens is 1. The van der Waals surface area contributed by atoms with Crippen LogP contribution in [0.15, 0.2) is 48.8 Å². The summed E-state index contributed by atoms with van der Waals surface area (Å²) in [6.45, 7) is 0. The Morgan fingerprint density at radius 1 is 1.11 bits per heavy atom. The largest absolute Gasteiger partial charge is 0.496 e. The zero-order chi connectivity index (χ0) is 12.4. The molecule has 1 aliphatic carbocycles. The number of nitrogens with one attached hydrogen (secondary N) is 1. The molecule has 1 N–H and O–H groups in total. The van der Waals surface area contributed by atoms with Gasteiger partial charge in [-0.3, -0.25) is 4.68 Å².